The average molecular weight is 264 g/mol. The lowest BCUT2D eigenvalue weighted by Crippen LogP contribution is -2.36. The fourth-order valence-corrected chi connectivity index (χ4v) is 1.79. The predicted molar refractivity (Wildman–Crippen MR) is 71.1 cm³/mol. The van der Waals surface area contributed by atoms with Crippen molar-refractivity contribution in [1.82, 2.24) is 9.88 Å². The Morgan fingerprint density at radius 2 is 2.00 bits per heavy atom. The zero-order chi connectivity index (χ0) is 14.3. The predicted octanol–water partition coefficient (Wildman–Crippen LogP) is 1.63. The molecule has 0 bridgehead atoms. The molecule has 0 saturated heterocycles. The van der Waals surface area contributed by atoms with E-state index in [0.29, 0.717) is 19.5 Å². The van der Waals surface area contributed by atoms with Gasteiger partial charge in [0, 0.05) is 31.9 Å². The number of carbonyl (C=O) groups is 2. The molecule has 19 heavy (non-hydrogen) atoms. The fraction of sp³-hybridized carbons (Fsp3) is 0.500. The van der Waals surface area contributed by atoms with E-state index in [9.17, 15) is 9.59 Å². The maximum Gasteiger partial charge on any atom is 0.310 e. The number of hydrogen-bond donors (Lipinski definition) is 0. The summed E-state index contributed by atoms with van der Waals surface area (Å²) in [5.74, 6) is -0.612. The van der Waals surface area contributed by atoms with E-state index in [0.717, 1.165) is 5.56 Å². The average Bonchev–Trinajstić information content (AvgIpc) is 2.45. The standard InChI is InChI=1S/C14H20N2O3/c1-4-13(17)16(9-11(2)14(18)19-3)10-12-5-7-15-8-6-12/h5-8,11H,4,9-10H2,1-3H3. The molecule has 5 heteroatoms. The first kappa shape index (κ1) is 15.1. The lowest BCUT2D eigenvalue weighted by molar-refractivity contribution is -0.146. The van der Waals surface area contributed by atoms with Crippen molar-refractivity contribution in [3.8, 4) is 0 Å². The Hall–Kier alpha value is -1.91. The summed E-state index contributed by atoms with van der Waals surface area (Å²) in [5.41, 5.74) is 0.994. The fourth-order valence-electron chi connectivity index (χ4n) is 1.79. The molecule has 1 atom stereocenters. The maximum absolute atomic E-state index is 11.9. The van der Waals surface area contributed by atoms with Gasteiger partial charge in [0.2, 0.25) is 5.91 Å². The molecule has 1 aromatic rings. The van der Waals surface area contributed by atoms with Crippen LogP contribution in [0.4, 0.5) is 0 Å². The molecule has 1 aromatic heterocycles. The number of amides is 1. The minimum atomic E-state index is -0.331. The van der Waals surface area contributed by atoms with Crippen LogP contribution in [-0.4, -0.2) is 35.4 Å². The summed E-state index contributed by atoms with van der Waals surface area (Å²) >= 11 is 0. The maximum atomic E-state index is 11.9. The van der Waals surface area contributed by atoms with Crippen molar-refractivity contribution in [2.45, 2.75) is 26.8 Å². The van der Waals surface area contributed by atoms with Crippen molar-refractivity contribution in [2.24, 2.45) is 5.92 Å². The monoisotopic (exact) mass is 264 g/mol. The molecule has 0 aliphatic carbocycles. The van der Waals surface area contributed by atoms with Crippen molar-refractivity contribution in [2.75, 3.05) is 13.7 Å². The highest BCUT2D eigenvalue weighted by atomic mass is 16.5. The number of carbonyl (C=O) groups excluding carboxylic acids is 2. The van der Waals surface area contributed by atoms with Crippen LogP contribution in [0.25, 0.3) is 0 Å². The molecule has 0 N–H and O–H groups in total. The summed E-state index contributed by atoms with van der Waals surface area (Å²) in [6.45, 7) is 4.41. The summed E-state index contributed by atoms with van der Waals surface area (Å²) in [4.78, 5) is 29.0. The van der Waals surface area contributed by atoms with Crippen LogP contribution in [-0.2, 0) is 20.9 Å². The van der Waals surface area contributed by atoms with Gasteiger partial charge in [0.25, 0.3) is 0 Å². The second-order valence-corrected chi connectivity index (χ2v) is 4.41. The molecule has 0 saturated carbocycles. The molecular weight excluding hydrogens is 244 g/mol. The van der Waals surface area contributed by atoms with E-state index in [1.165, 1.54) is 7.11 Å². The smallest absolute Gasteiger partial charge is 0.310 e. The highest BCUT2D eigenvalue weighted by Crippen LogP contribution is 2.09. The number of methoxy groups -OCH3 is 1. The summed E-state index contributed by atoms with van der Waals surface area (Å²) in [5, 5.41) is 0. The van der Waals surface area contributed by atoms with E-state index < -0.39 is 0 Å². The van der Waals surface area contributed by atoms with Gasteiger partial charge in [-0.25, -0.2) is 0 Å². The van der Waals surface area contributed by atoms with E-state index in [-0.39, 0.29) is 17.8 Å². The van der Waals surface area contributed by atoms with Gasteiger partial charge in [0.1, 0.15) is 0 Å². The number of ether oxygens (including phenoxy) is 1. The van der Waals surface area contributed by atoms with Gasteiger partial charge in [-0.15, -0.1) is 0 Å². The van der Waals surface area contributed by atoms with Gasteiger partial charge in [0.15, 0.2) is 0 Å². The quantitative estimate of drug-likeness (QED) is 0.733. The van der Waals surface area contributed by atoms with Crippen LogP contribution in [0.3, 0.4) is 0 Å². The first-order valence-electron chi connectivity index (χ1n) is 6.33. The number of esters is 1. The second kappa shape index (κ2) is 7.51. The molecule has 5 nitrogen and oxygen atoms in total. The third-order valence-electron chi connectivity index (χ3n) is 2.88. The van der Waals surface area contributed by atoms with Gasteiger partial charge in [-0.2, -0.15) is 0 Å². The number of pyridine rings is 1. The summed E-state index contributed by atoms with van der Waals surface area (Å²) in [7, 11) is 1.35. The van der Waals surface area contributed by atoms with Crippen LogP contribution in [0.1, 0.15) is 25.8 Å². The molecule has 0 aromatic carbocycles. The largest absolute Gasteiger partial charge is 0.469 e. The van der Waals surface area contributed by atoms with Crippen molar-refractivity contribution in [3.05, 3.63) is 30.1 Å². The minimum Gasteiger partial charge on any atom is -0.469 e. The SMILES string of the molecule is CCC(=O)N(Cc1ccncc1)CC(C)C(=O)OC. The summed E-state index contributed by atoms with van der Waals surface area (Å²) in [6.07, 6.45) is 3.79. The lowest BCUT2D eigenvalue weighted by atomic mass is 10.1. The zero-order valence-corrected chi connectivity index (χ0v) is 11.6. The minimum absolute atomic E-state index is 0.0209. The molecule has 0 fully saturated rings. The normalized spacial score (nSPS) is 11.7. The van der Waals surface area contributed by atoms with Gasteiger partial charge in [0.05, 0.1) is 13.0 Å². The zero-order valence-electron chi connectivity index (χ0n) is 11.6. The van der Waals surface area contributed by atoms with Crippen LogP contribution in [0, 0.1) is 5.92 Å². The lowest BCUT2D eigenvalue weighted by Gasteiger charge is -2.24. The highest BCUT2D eigenvalue weighted by Gasteiger charge is 2.20. The van der Waals surface area contributed by atoms with E-state index in [1.807, 2.05) is 19.1 Å². The van der Waals surface area contributed by atoms with Crippen molar-refractivity contribution in [1.29, 1.82) is 0 Å². The second-order valence-electron chi connectivity index (χ2n) is 4.41. The van der Waals surface area contributed by atoms with E-state index in [4.69, 9.17) is 0 Å². The molecule has 0 aliphatic rings. The summed E-state index contributed by atoms with van der Waals surface area (Å²) < 4.78 is 4.69. The van der Waals surface area contributed by atoms with Gasteiger partial charge in [-0.1, -0.05) is 13.8 Å². The first-order chi connectivity index (χ1) is 9.08. The van der Waals surface area contributed by atoms with Crippen LogP contribution in [0.15, 0.2) is 24.5 Å². The Morgan fingerprint density at radius 3 is 2.53 bits per heavy atom. The van der Waals surface area contributed by atoms with Crippen LogP contribution < -0.4 is 0 Å². The first-order valence-corrected chi connectivity index (χ1v) is 6.33. The van der Waals surface area contributed by atoms with Crippen molar-refractivity contribution >= 4 is 11.9 Å². The van der Waals surface area contributed by atoms with E-state index in [1.54, 1.807) is 24.2 Å². The van der Waals surface area contributed by atoms with Crippen molar-refractivity contribution in [3.63, 3.8) is 0 Å². The Bertz CT molecular complexity index is 420. The van der Waals surface area contributed by atoms with E-state index in [2.05, 4.69) is 9.72 Å². The molecule has 1 amide bonds. The van der Waals surface area contributed by atoms with Gasteiger partial charge in [-0.05, 0) is 17.7 Å². The van der Waals surface area contributed by atoms with Crippen LogP contribution in [0.5, 0.6) is 0 Å². The number of nitrogens with zero attached hydrogens (tertiary/aromatic N) is 2. The van der Waals surface area contributed by atoms with Gasteiger partial charge >= 0.3 is 5.97 Å². The highest BCUT2D eigenvalue weighted by molar-refractivity contribution is 5.77. The molecular formula is C14H20N2O3. The van der Waals surface area contributed by atoms with Crippen molar-refractivity contribution < 1.29 is 14.3 Å². The molecule has 1 heterocycles. The van der Waals surface area contributed by atoms with Crippen LogP contribution in [0.2, 0.25) is 0 Å². The molecule has 0 aliphatic heterocycles. The molecule has 1 rings (SSSR count). The Balaban J connectivity index is 2.73. The number of rotatable bonds is 6. The third-order valence-corrected chi connectivity index (χ3v) is 2.88. The molecule has 0 spiro atoms. The third kappa shape index (κ3) is 4.69. The number of hydrogen-bond acceptors (Lipinski definition) is 4. The molecule has 1 unspecified atom stereocenters. The van der Waals surface area contributed by atoms with Gasteiger partial charge < -0.3 is 9.64 Å². The summed E-state index contributed by atoms with van der Waals surface area (Å²) in [6, 6.07) is 3.72. The van der Waals surface area contributed by atoms with Gasteiger partial charge in [-0.3, -0.25) is 14.6 Å². The Labute approximate surface area is 113 Å². The van der Waals surface area contributed by atoms with Crippen LogP contribution >= 0.6 is 0 Å². The number of aromatic nitrogens is 1. The Morgan fingerprint density at radius 1 is 1.37 bits per heavy atom. The molecule has 104 valence electrons. The Kier molecular flexibility index (Phi) is 5.99. The van der Waals surface area contributed by atoms with E-state index >= 15 is 0 Å². The topological polar surface area (TPSA) is 59.5 Å². The molecule has 0 radical (unpaired) electrons.